The number of aromatic hydroxyl groups is 1. The summed E-state index contributed by atoms with van der Waals surface area (Å²) in [6.45, 7) is 3.81. The average molecular weight is 292 g/mol. The molecule has 0 amide bonds. The molecule has 0 atom stereocenters. The Labute approximate surface area is 128 Å². The van der Waals surface area contributed by atoms with Gasteiger partial charge in [-0.3, -0.25) is 9.20 Å². The van der Waals surface area contributed by atoms with E-state index in [4.69, 9.17) is 0 Å². The number of allylic oxidation sites excluding steroid dienone is 1. The van der Waals surface area contributed by atoms with Gasteiger partial charge in [0, 0.05) is 6.20 Å². The molecule has 0 saturated carbocycles. The van der Waals surface area contributed by atoms with Gasteiger partial charge in [-0.2, -0.15) is 4.98 Å². The van der Waals surface area contributed by atoms with E-state index < -0.39 is 0 Å². The highest BCUT2D eigenvalue weighted by Crippen LogP contribution is 2.20. The number of aryl methyl sites for hydroxylation is 1. The zero-order valence-electron chi connectivity index (χ0n) is 12.4. The fourth-order valence-corrected chi connectivity index (χ4v) is 2.37. The molecular weight excluding hydrogens is 276 g/mol. The molecule has 3 rings (SSSR count). The van der Waals surface area contributed by atoms with Crippen LogP contribution in [-0.4, -0.2) is 14.5 Å². The second kappa shape index (κ2) is 5.48. The van der Waals surface area contributed by atoms with Gasteiger partial charge in [0.25, 0.3) is 5.56 Å². The molecule has 0 aliphatic rings. The molecule has 0 spiro atoms. The van der Waals surface area contributed by atoms with Gasteiger partial charge in [-0.25, -0.2) is 0 Å². The minimum atomic E-state index is -0.280. The largest absolute Gasteiger partial charge is 0.493 e. The van der Waals surface area contributed by atoms with Gasteiger partial charge >= 0.3 is 0 Å². The highest BCUT2D eigenvalue weighted by molar-refractivity contribution is 5.81. The summed E-state index contributed by atoms with van der Waals surface area (Å²) in [6.07, 6.45) is 3.35. The van der Waals surface area contributed by atoms with Gasteiger partial charge in [-0.1, -0.05) is 30.3 Å². The first kappa shape index (κ1) is 14.1. The lowest BCUT2D eigenvalue weighted by Gasteiger charge is -2.06. The average Bonchev–Trinajstić information content (AvgIpc) is 2.51. The van der Waals surface area contributed by atoms with E-state index in [1.165, 1.54) is 4.40 Å². The van der Waals surface area contributed by atoms with Gasteiger partial charge in [0.2, 0.25) is 5.88 Å². The van der Waals surface area contributed by atoms with Crippen LogP contribution < -0.4 is 5.56 Å². The van der Waals surface area contributed by atoms with E-state index in [1.807, 2.05) is 50.2 Å². The van der Waals surface area contributed by atoms with Crippen LogP contribution in [0.5, 0.6) is 5.88 Å². The Hall–Kier alpha value is -2.88. The summed E-state index contributed by atoms with van der Waals surface area (Å²) in [6, 6.07) is 13.3. The van der Waals surface area contributed by atoms with E-state index >= 15 is 0 Å². The standard InChI is InChI=1S/C18H16N2O2/c1-12-8-9-20-16(10-12)19-17(21)15(18(20)22)11-13(2)14-6-4-3-5-7-14/h3-11,21H,1-2H3/b13-11-. The smallest absolute Gasteiger partial charge is 0.269 e. The lowest BCUT2D eigenvalue weighted by molar-refractivity contribution is 0.451. The van der Waals surface area contributed by atoms with Crippen molar-refractivity contribution in [1.29, 1.82) is 0 Å². The van der Waals surface area contributed by atoms with Gasteiger partial charge in [-0.15, -0.1) is 0 Å². The summed E-state index contributed by atoms with van der Waals surface area (Å²) < 4.78 is 1.44. The molecular formula is C18H16N2O2. The molecule has 1 N–H and O–H groups in total. The molecule has 2 heterocycles. The molecule has 1 aromatic carbocycles. The lowest BCUT2D eigenvalue weighted by Crippen LogP contribution is -2.17. The quantitative estimate of drug-likeness (QED) is 0.788. The lowest BCUT2D eigenvalue weighted by atomic mass is 10.1. The maximum Gasteiger partial charge on any atom is 0.269 e. The molecule has 110 valence electrons. The van der Waals surface area contributed by atoms with E-state index in [9.17, 15) is 9.90 Å². The van der Waals surface area contributed by atoms with Crippen molar-refractivity contribution in [3.63, 3.8) is 0 Å². The highest BCUT2D eigenvalue weighted by atomic mass is 16.3. The van der Waals surface area contributed by atoms with Crippen molar-refractivity contribution >= 4 is 17.3 Å². The Kier molecular flexibility index (Phi) is 3.51. The van der Waals surface area contributed by atoms with Gasteiger partial charge in [0.15, 0.2) is 0 Å². The number of hydrogen-bond acceptors (Lipinski definition) is 3. The second-order valence-corrected chi connectivity index (χ2v) is 5.28. The molecule has 0 saturated heterocycles. The third-order valence-corrected chi connectivity index (χ3v) is 3.59. The van der Waals surface area contributed by atoms with Crippen molar-refractivity contribution in [3.05, 3.63) is 75.7 Å². The van der Waals surface area contributed by atoms with Gasteiger partial charge in [0.05, 0.1) is 0 Å². The predicted molar refractivity (Wildman–Crippen MR) is 87.9 cm³/mol. The van der Waals surface area contributed by atoms with E-state index in [2.05, 4.69) is 4.98 Å². The molecule has 4 heteroatoms. The Morgan fingerprint density at radius 1 is 1.23 bits per heavy atom. The van der Waals surface area contributed by atoms with E-state index in [0.29, 0.717) is 5.65 Å². The molecule has 0 bridgehead atoms. The van der Waals surface area contributed by atoms with Crippen LogP contribution in [0.25, 0.3) is 17.3 Å². The minimum absolute atomic E-state index is 0.197. The summed E-state index contributed by atoms with van der Waals surface area (Å²) in [7, 11) is 0. The minimum Gasteiger partial charge on any atom is -0.493 e. The van der Waals surface area contributed by atoms with Gasteiger partial charge < -0.3 is 5.11 Å². The number of rotatable bonds is 2. The van der Waals surface area contributed by atoms with Crippen LogP contribution in [0.15, 0.2) is 53.5 Å². The molecule has 4 nitrogen and oxygen atoms in total. The molecule has 0 aliphatic heterocycles. The molecule has 0 fully saturated rings. The van der Waals surface area contributed by atoms with Gasteiger partial charge in [0.1, 0.15) is 11.2 Å². The van der Waals surface area contributed by atoms with Crippen LogP contribution in [0.1, 0.15) is 23.6 Å². The Morgan fingerprint density at radius 3 is 2.68 bits per heavy atom. The van der Waals surface area contributed by atoms with Crippen LogP contribution in [0.3, 0.4) is 0 Å². The summed E-state index contributed by atoms with van der Waals surface area (Å²) in [5.74, 6) is -0.245. The summed E-state index contributed by atoms with van der Waals surface area (Å²) >= 11 is 0. The van der Waals surface area contributed by atoms with E-state index in [0.717, 1.165) is 16.7 Å². The topological polar surface area (TPSA) is 54.6 Å². The van der Waals surface area contributed by atoms with Crippen LogP contribution in [0.2, 0.25) is 0 Å². The molecule has 22 heavy (non-hydrogen) atoms. The molecule has 0 radical (unpaired) electrons. The number of pyridine rings is 1. The van der Waals surface area contributed by atoms with Crippen molar-refractivity contribution in [2.75, 3.05) is 0 Å². The molecule has 3 aromatic rings. The third kappa shape index (κ3) is 2.51. The predicted octanol–water partition coefficient (Wildman–Crippen LogP) is 3.27. The summed E-state index contributed by atoms with van der Waals surface area (Å²) in [5.41, 5.74) is 3.23. The van der Waals surface area contributed by atoms with Gasteiger partial charge in [-0.05, 0) is 48.8 Å². The molecule has 0 aliphatic carbocycles. The summed E-state index contributed by atoms with van der Waals surface area (Å²) in [5, 5.41) is 10.1. The fraction of sp³-hybridized carbons (Fsp3) is 0.111. The SMILES string of the molecule is C/C(=C/c1c(O)nc2cc(C)ccn2c1=O)c1ccccc1. The van der Waals surface area contributed by atoms with Crippen molar-refractivity contribution in [2.45, 2.75) is 13.8 Å². The first-order valence-electron chi connectivity index (χ1n) is 7.02. The fourth-order valence-electron chi connectivity index (χ4n) is 2.37. The van der Waals surface area contributed by atoms with Crippen molar-refractivity contribution in [1.82, 2.24) is 9.38 Å². The second-order valence-electron chi connectivity index (χ2n) is 5.28. The highest BCUT2D eigenvalue weighted by Gasteiger charge is 2.10. The summed E-state index contributed by atoms with van der Waals surface area (Å²) in [4.78, 5) is 16.7. The molecule has 2 aromatic heterocycles. The normalized spacial score (nSPS) is 11.8. The van der Waals surface area contributed by atoms with E-state index in [1.54, 1.807) is 18.3 Å². The number of benzene rings is 1. The number of fused-ring (bicyclic) bond motifs is 1. The number of hydrogen-bond donors (Lipinski definition) is 1. The van der Waals surface area contributed by atoms with Crippen molar-refractivity contribution in [3.8, 4) is 5.88 Å². The van der Waals surface area contributed by atoms with Crippen molar-refractivity contribution < 1.29 is 5.11 Å². The van der Waals surface area contributed by atoms with Crippen LogP contribution in [0, 0.1) is 6.92 Å². The third-order valence-electron chi connectivity index (χ3n) is 3.59. The number of aromatic nitrogens is 2. The Balaban J connectivity index is 2.20. The van der Waals surface area contributed by atoms with E-state index in [-0.39, 0.29) is 17.0 Å². The zero-order chi connectivity index (χ0) is 15.7. The van der Waals surface area contributed by atoms with Crippen LogP contribution >= 0.6 is 0 Å². The Bertz CT molecular complexity index is 925. The number of nitrogens with zero attached hydrogens (tertiary/aromatic N) is 2. The maximum atomic E-state index is 12.5. The maximum absolute atomic E-state index is 12.5. The van der Waals surface area contributed by atoms with Crippen LogP contribution in [-0.2, 0) is 0 Å². The Morgan fingerprint density at radius 2 is 1.95 bits per heavy atom. The van der Waals surface area contributed by atoms with Crippen molar-refractivity contribution in [2.24, 2.45) is 0 Å². The first-order chi connectivity index (χ1) is 10.6. The monoisotopic (exact) mass is 292 g/mol. The van der Waals surface area contributed by atoms with Crippen LogP contribution in [0.4, 0.5) is 0 Å². The first-order valence-corrected chi connectivity index (χ1v) is 7.02. The molecule has 0 unspecified atom stereocenters. The zero-order valence-corrected chi connectivity index (χ0v) is 12.4.